The average molecular weight is 382 g/mol. The van der Waals surface area contributed by atoms with Gasteiger partial charge in [0.15, 0.2) is 0 Å². The molecule has 0 fully saturated rings. The summed E-state index contributed by atoms with van der Waals surface area (Å²) in [5.74, 6) is 0.530. The zero-order valence-corrected chi connectivity index (χ0v) is 16.6. The molecule has 0 unspecified atom stereocenters. The van der Waals surface area contributed by atoms with Crippen LogP contribution in [0.2, 0.25) is 0 Å². The van der Waals surface area contributed by atoms with Gasteiger partial charge in [0.1, 0.15) is 19.0 Å². The molecule has 0 aliphatic carbocycles. The van der Waals surface area contributed by atoms with Crippen LogP contribution in [0, 0.1) is 0 Å². The Labute approximate surface area is 163 Å². The number of unbranched alkanes of at least 4 members (excludes halogenated alkanes) is 5. The van der Waals surface area contributed by atoms with Gasteiger partial charge in [0.2, 0.25) is 0 Å². The smallest absolute Gasteiger partial charge is 0.305 e. The van der Waals surface area contributed by atoms with Crippen molar-refractivity contribution in [3.63, 3.8) is 0 Å². The minimum atomic E-state index is -0.136. The number of para-hydroxylation sites is 2. The highest BCUT2D eigenvalue weighted by atomic mass is 16.6. The van der Waals surface area contributed by atoms with E-state index in [1.807, 2.05) is 18.2 Å². The van der Waals surface area contributed by atoms with E-state index in [2.05, 4.69) is 6.92 Å². The number of hydrogen-bond acceptors (Lipinski definition) is 6. The fourth-order valence-corrected chi connectivity index (χ4v) is 2.48. The lowest BCUT2D eigenvalue weighted by atomic mass is 10.1. The van der Waals surface area contributed by atoms with Crippen LogP contribution < -0.4 is 10.5 Å². The summed E-state index contributed by atoms with van der Waals surface area (Å²) in [7, 11) is 0. The normalized spacial score (nSPS) is 10.7. The lowest BCUT2D eigenvalue weighted by Gasteiger charge is -2.09. The fourth-order valence-electron chi connectivity index (χ4n) is 2.48. The van der Waals surface area contributed by atoms with Gasteiger partial charge in [-0.05, 0) is 18.6 Å². The van der Waals surface area contributed by atoms with Gasteiger partial charge >= 0.3 is 5.97 Å². The summed E-state index contributed by atoms with van der Waals surface area (Å²) < 4.78 is 21.5. The largest absolute Gasteiger partial charge is 0.489 e. The Kier molecular flexibility index (Phi) is 14.1. The van der Waals surface area contributed by atoms with Crippen molar-refractivity contribution in [2.24, 2.45) is 0 Å². The molecule has 27 heavy (non-hydrogen) atoms. The Morgan fingerprint density at radius 3 is 2.22 bits per heavy atom. The van der Waals surface area contributed by atoms with E-state index in [0.717, 1.165) is 12.8 Å². The molecule has 0 heterocycles. The van der Waals surface area contributed by atoms with Gasteiger partial charge in [-0.2, -0.15) is 0 Å². The summed E-state index contributed by atoms with van der Waals surface area (Å²) in [5.41, 5.74) is 6.40. The van der Waals surface area contributed by atoms with Crippen LogP contribution in [0.15, 0.2) is 24.3 Å². The van der Waals surface area contributed by atoms with Crippen molar-refractivity contribution >= 4 is 11.7 Å². The van der Waals surface area contributed by atoms with E-state index in [0.29, 0.717) is 57.5 Å². The Morgan fingerprint density at radius 2 is 1.48 bits per heavy atom. The van der Waals surface area contributed by atoms with E-state index >= 15 is 0 Å². The molecule has 1 aromatic rings. The maximum atomic E-state index is 11.6. The maximum Gasteiger partial charge on any atom is 0.305 e. The third-order valence-electron chi connectivity index (χ3n) is 4.00. The minimum Gasteiger partial charge on any atom is -0.489 e. The summed E-state index contributed by atoms with van der Waals surface area (Å²) in [6.07, 6.45) is 7.49. The number of nitrogens with two attached hydrogens (primary N) is 1. The van der Waals surface area contributed by atoms with E-state index in [9.17, 15) is 4.79 Å². The number of rotatable bonds is 17. The molecule has 0 amide bonds. The summed E-state index contributed by atoms with van der Waals surface area (Å²) >= 11 is 0. The van der Waals surface area contributed by atoms with Gasteiger partial charge in [-0.1, -0.05) is 51.2 Å². The number of carbonyl (C=O) groups is 1. The predicted molar refractivity (Wildman–Crippen MR) is 107 cm³/mol. The topological polar surface area (TPSA) is 80.0 Å². The van der Waals surface area contributed by atoms with Gasteiger partial charge in [-0.15, -0.1) is 0 Å². The molecular weight excluding hydrogens is 346 g/mol. The molecule has 6 heteroatoms. The molecule has 0 saturated carbocycles. The van der Waals surface area contributed by atoms with Gasteiger partial charge in [0, 0.05) is 6.42 Å². The number of benzene rings is 1. The van der Waals surface area contributed by atoms with Crippen LogP contribution in [0.4, 0.5) is 5.69 Å². The molecule has 1 rings (SSSR count). The third kappa shape index (κ3) is 13.1. The number of ether oxygens (including phenoxy) is 4. The van der Waals surface area contributed by atoms with Gasteiger partial charge in [0.25, 0.3) is 0 Å². The van der Waals surface area contributed by atoms with Crippen molar-refractivity contribution < 1.29 is 23.7 Å². The summed E-state index contributed by atoms with van der Waals surface area (Å²) in [5, 5.41) is 0. The predicted octanol–water partition coefficient (Wildman–Crippen LogP) is 3.97. The summed E-state index contributed by atoms with van der Waals surface area (Å²) in [6, 6.07) is 7.36. The first-order valence-electron chi connectivity index (χ1n) is 10.0. The van der Waals surface area contributed by atoms with Crippen LogP contribution in [-0.4, -0.2) is 45.6 Å². The molecular formula is C21H35NO5. The Balaban J connectivity index is 1.82. The minimum absolute atomic E-state index is 0.136. The monoisotopic (exact) mass is 381 g/mol. The fraction of sp³-hybridized carbons (Fsp3) is 0.667. The SMILES string of the molecule is CCCCCCCCC(=O)OCCOCCOCCOc1ccccc1N. The number of nitrogen functional groups attached to an aromatic ring is 1. The van der Waals surface area contributed by atoms with Crippen molar-refractivity contribution in [3.8, 4) is 5.75 Å². The van der Waals surface area contributed by atoms with Crippen molar-refractivity contribution in [2.45, 2.75) is 51.9 Å². The molecule has 0 atom stereocenters. The van der Waals surface area contributed by atoms with E-state index in [1.54, 1.807) is 6.07 Å². The molecule has 0 aliphatic rings. The second-order valence-electron chi connectivity index (χ2n) is 6.35. The first-order valence-corrected chi connectivity index (χ1v) is 10.0. The molecule has 0 radical (unpaired) electrons. The Morgan fingerprint density at radius 1 is 0.852 bits per heavy atom. The second kappa shape index (κ2) is 16.4. The van der Waals surface area contributed by atoms with E-state index in [-0.39, 0.29) is 5.97 Å². The van der Waals surface area contributed by atoms with Crippen molar-refractivity contribution in [1.82, 2.24) is 0 Å². The highest BCUT2D eigenvalue weighted by molar-refractivity contribution is 5.69. The Hall–Kier alpha value is -1.79. The first-order chi connectivity index (χ1) is 13.2. The number of anilines is 1. The highest BCUT2D eigenvalue weighted by Crippen LogP contribution is 2.19. The van der Waals surface area contributed by atoms with E-state index in [1.165, 1.54) is 25.7 Å². The molecule has 0 aliphatic heterocycles. The van der Waals surface area contributed by atoms with Crippen LogP contribution >= 0.6 is 0 Å². The highest BCUT2D eigenvalue weighted by Gasteiger charge is 2.02. The van der Waals surface area contributed by atoms with Crippen LogP contribution in [0.25, 0.3) is 0 Å². The number of carbonyl (C=O) groups excluding carboxylic acids is 1. The Bertz CT molecular complexity index is 495. The van der Waals surface area contributed by atoms with Crippen LogP contribution in [0.1, 0.15) is 51.9 Å². The van der Waals surface area contributed by atoms with Gasteiger partial charge in [0.05, 0.1) is 32.1 Å². The molecule has 0 aromatic heterocycles. The standard InChI is InChI=1S/C21H35NO5/c1-2-3-4-5-6-7-12-21(23)27-18-16-25-14-13-24-15-17-26-20-11-9-8-10-19(20)22/h8-11H,2-7,12-18,22H2,1H3. The van der Waals surface area contributed by atoms with Gasteiger partial charge < -0.3 is 24.7 Å². The van der Waals surface area contributed by atoms with E-state index < -0.39 is 0 Å². The van der Waals surface area contributed by atoms with Crippen molar-refractivity contribution in [3.05, 3.63) is 24.3 Å². The van der Waals surface area contributed by atoms with Crippen molar-refractivity contribution in [2.75, 3.05) is 45.4 Å². The van der Waals surface area contributed by atoms with Crippen LogP contribution in [-0.2, 0) is 19.0 Å². The van der Waals surface area contributed by atoms with Gasteiger partial charge in [-0.3, -0.25) is 4.79 Å². The molecule has 154 valence electrons. The maximum absolute atomic E-state index is 11.6. The molecule has 1 aromatic carbocycles. The molecule has 0 saturated heterocycles. The molecule has 0 spiro atoms. The van der Waals surface area contributed by atoms with Crippen LogP contribution in [0.5, 0.6) is 5.75 Å². The second-order valence-corrected chi connectivity index (χ2v) is 6.35. The van der Waals surface area contributed by atoms with Crippen molar-refractivity contribution in [1.29, 1.82) is 0 Å². The van der Waals surface area contributed by atoms with Gasteiger partial charge in [-0.25, -0.2) is 0 Å². The lowest BCUT2D eigenvalue weighted by molar-refractivity contribution is -0.145. The molecule has 2 N–H and O–H groups in total. The quantitative estimate of drug-likeness (QED) is 0.250. The third-order valence-corrected chi connectivity index (χ3v) is 4.00. The molecule has 0 bridgehead atoms. The lowest BCUT2D eigenvalue weighted by Crippen LogP contribution is -2.14. The molecule has 6 nitrogen and oxygen atoms in total. The van der Waals surface area contributed by atoms with Crippen LogP contribution in [0.3, 0.4) is 0 Å². The summed E-state index contributed by atoms with van der Waals surface area (Å²) in [4.78, 5) is 11.6. The zero-order valence-electron chi connectivity index (χ0n) is 16.6. The zero-order chi connectivity index (χ0) is 19.6. The first kappa shape index (κ1) is 23.2. The average Bonchev–Trinajstić information content (AvgIpc) is 2.67. The van der Waals surface area contributed by atoms with E-state index in [4.69, 9.17) is 24.7 Å². The number of hydrogen-bond donors (Lipinski definition) is 1. The number of esters is 1. The summed E-state index contributed by atoms with van der Waals surface area (Å²) in [6.45, 7) is 4.72.